The van der Waals surface area contributed by atoms with Crippen LogP contribution in [0.15, 0.2) is 66.9 Å². The van der Waals surface area contributed by atoms with Gasteiger partial charge in [0, 0.05) is 19.7 Å². The van der Waals surface area contributed by atoms with Crippen molar-refractivity contribution < 1.29 is 31.8 Å². The van der Waals surface area contributed by atoms with Crippen molar-refractivity contribution in [1.82, 2.24) is 10.3 Å². The lowest BCUT2D eigenvalue weighted by molar-refractivity contribution is -0.137. The minimum absolute atomic E-state index is 0.0530. The van der Waals surface area contributed by atoms with Gasteiger partial charge in [-0.2, -0.15) is 13.2 Å². The third-order valence-electron chi connectivity index (χ3n) is 5.03. The van der Waals surface area contributed by atoms with Crippen molar-refractivity contribution >= 4 is 17.7 Å². The summed E-state index contributed by atoms with van der Waals surface area (Å²) in [6.45, 7) is 0.00519. The van der Waals surface area contributed by atoms with Gasteiger partial charge in [-0.3, -0.25) is 4.98 Å². The van der Waals surface area contributed by atoms with E-state index in [4.69, 9.17) is 21.1 Å². The molecule has 0 fully saturated rings. The maximum absolute atomic E-state index is 14.5. The first kappa shape index (κ1) is 25.5. The first-order chi connectivity index (χ1) is 16.1. The molecule has 2 aromatic carbocycles. The topological polar surface area (TPSA) is 60.5 Å². The summed E-state index contributed by atoms with van der Waals surface area (Å²) in [6.07, 6.45) is -4.52. The zero-order chi connectivity index (χ0) is 24.8. The van der Waals surface area contributed by atoms with Gasteiger partial charge in [0.15, 0.2) is 0 Å². The van der Waals surface area contributed by atoms with Gasteiger partial charge < -0.3 is 14.8 Å². The minimum atomic E-state index is -4.82. The van der Waals surface area contributed by atoms with Gasteiger partial charge in [0.05, 0.1) is 22.9 Å². The number of ether oxygens (including phenoxy) is 2. The Hall–Kier alpha value is -3.17. The molecule has 0 aliphatic rings. The van der Waals surface area contributed by atoms with Gasteiger partial charge in [0.2, 0.25) is 0 Å². The fraction of sp³-hybridized carbons (Fsp3) is 0.250. The van der Waals surface area contributed by atoms with Gasteiger partial charge in [0.25, 0.3) is 0 Å². The Morgan fingerprint density at radius 2 is 1.74 bits per heavy atom. The van der Waals surface area contributed by atoms with Crippen LogP contribution in [0.5, 0.6) is 0 Å². The summed E-state index contributed by atoms with van der Waals surface area (Å²) in [7, 11) is 1.42. The molecule has 0 bridgehead atoms. The van der Waals surface area contributed by atoms with E-state index in [1.165, 1.54) is 25.4 Å². The van der Waals surface area contributed by atoms with Crippen LogP contribution in [0.4, 0.5) is 22.4 Å². The number of nitrogens with zero attached hydrogens (tertiary/aromatic N) is 1. The predicted octanol–water partition coefficient (Wildman–Crippen LogP) is 5.75. The molecule has 1 atom stereocenters. The fourth-order valence-electron chi connectivity index (χ4n) is 3.48. The number of hydrogen-bond donors (Lipinski definition) is 1. The molecule has 1 heterocycles. The highest BCUT2D eigenvalue weighted by Gasteiger charge is 2.41. The van der Waals surface area contributed by atoms with Gasteiger partial charge >= 0.3 is 12.3 Å². The number of methoxy groups -OCH3 is 1. The smallest absolute Gasteiger partial charge is 0.416 e. The first-order valence-corrected chi connectivity index (χ1v) is 10.5. The van der Waals surface area contributed by atoms with Crippen LogP contribution in [-0.2, 0) is 27.6 Å². The first-order valence-electron chi connectivity index (χ1n) is 10.1. The molecule has 0 aliphatic heterocycles. The van der Waals surface area contributed by atoms with Crippen LogP contribution in [0.25, 0.3) is 0 Å². The molecule has 3 rings (SSSR count). The number of halogens is 5. The zero-order valence-corrected chi connectivity index (χ0v) is 18.8. The minimum Gasteiger partial charge on any atom is -0.447 e. The van der Waals surface area contributed by atoms with E-state index in [-0.39, 0.29) is 35.9 Å². The second kappa shape index (κ2) is 10.8. The number of aromatic nitrogens is 1. The summed E-state index contributed by atoms with van der Waals surface area (Å²) < 4.78 is 65.2. The normalized spacial score (nSPS) is 13.2. The van der Waals surface area contributed by atoms with Crippen LogP contribution in [0.2, 0.25) is 5.02 Å². The Labute approximate surface area is 198 Å². The molecule has 3 aromatic rings. The number of amides is 1. The summed E-state index contributed by atoms with van der Waals surface area (Å²) in [5.74, 6) is -1.12. The van der Waals surface area contributed by atoms with Gasteiger partial charge in [0.1, 0.15) is 18.0 Å². The van der Waals surface area contributed by atoms with Gasteiger partial charge in [-0.15, -0.1) is 0 Å². The number of alkyl halides is 3. The molecule has 0 aliphatic carbocycles. The van der Waals surface area contributed by atoms with Crippen LogP contribution in [0, 0.1) is 5.82 Å². The number of pyridine rings is 1. The second-order valence-electron chi connectivity index (χ2n) is 7.41. The van der Waals surface area contributed by atoms with Crippen LogP contribution < -0.4 is 5.32 Å². The van der Waals surface area contributed by atoms with E-state index in [1.807, 2.05) is 0 Å². The lowest BCUT2D eigenvalue weighted by atomic mass is 9.80. The van der Waals surface area contributed by atoms with E-state index in [9.17, 15) is 22.4 Å². The van der Waals surface area contributed by atoms with E-state index in [2.05, 4.69) is 10.3 Å². The van der Waals surface area contributed by atoms with Crippen molar-refractivity contribution in [1.29, 1.82) is 0 Å². The summed E-state index contributed by atoms with van der Waals surface area (Å²) >= 11 is 5.97. The molecule has 0 radical (unpaired) electrons. The molecular formula is C24H21ClF4N2O3. The Bertz CT molecular complexity index is 1110. The number of benzene rings is 2. The molecule has 0 saturated carbocycles. The maximum Gasteiger partial charge on any atom is 0.416 e. The van der Waals surface area contributed by atoms with E-state index < -0.39 is 29.2 Å². The van der Waals surface area contributed by atoms with Crippen molar-refractivity contribution in [2.45, 2.75) is 18.1 Å². The van der Waals surface area contributed by atoms with Crippen LogP contribution in [0.3, 0.4) is 0 Å². The van der Waals surface area contributed by atoms with Crippen molar-refractivity contribution in [2.75, 3.05) is 20.3 Å². The molecule has 180 valence electrons. The Morgan fingerprint density at radius 1 is 1.03 bits per heavy atom. The van der Waals surface area contributed by atoms with Crippen LogP contribution in [0.1, 0.15) is 22.4 Å². The predicted molar refractivity (Wildman–Crippen MR) is 118 cm³/mol. The molecule has 5 nitrogen and oxygen atoms in total. The van der Waals surface area contributed by atoms with Crippen molar-refractivity contribution in [3.05, 3.63) is 100 Å². The molecule has 1 amide bonds. The van der Waals surface area contributed by atoms with Crippen molar-refractivity contribution in [2.24, 2.45) is 0 Å². The summed E-state index contributed by atoms with van der Waals surface area (Å²) in [6, 6.07) is 13.7. The number of carbonyl (C=O) groups excluding carboxylic acids is 1. The van der Waals surface area contributed by atoms with Crippen LogP contribution >= 0.6 is 11.6 Å². The Kier molecular flexibility index (Phi) is 8.11. The molecule has 1 aromatic heterocycles. The summed E-state index contributed by atoms with van der Waals surface area (Å²) in [5, 5.41) is 2.91. The van der Waals surface area contributed by atoms with Crippen LogP contribution in [-0.4, -0.2) is 31.4 Å². The van der Waals surface area contributed by atoms with Crippen molar-refractivity contribution in [3.8, 4) is 0 Å². The lowest BCUT2D eigenvalue weighted by Crippen LogP contribution is -2.49. The average molecular weight is 497 g/mol. The second-order valence-corrected chi connectivity index (χ2v) is 7.85. The van der Waals surface area contributed by atoms with Gasteiger partial charge in [-0.25, -0.2) is 9.18 Å². The lowest BCUT2D eigenvalue weighted by Gasteiger charge is -2.35. The van der Waals surface area contributed by atoms with E-state index in [1.54, 1.807) is 30.3 Å². The molecule has 0 spiro atoms. The average Bonchev–Trinajstić information content (AvgIpc) is 2.79. The highest BCUT2D eigenvalue weighted by Crippen LogP contribution is 2.38. The summed E-state index contributed by atoms with van der Waals surface area (Å²) in [5.41, 5.74) is -2.30. The molecular weight excluding hydrogens is 476 g/mol. The molecule has 1 N–H and O–H groups in total. The quantitative estimate of drug-likeness (QED) is 0.318. The highest BCUT2D eigenvalue weighted by molar-refractivity contribution is 6.30. The maximum atomic E-state index is 14.5. The molecule has 1 unspecified atom stereocenters. The van der Waals surface area contributed by atoms with Gasteiger partial charge in [-0.1, -0.05) is 41.9 Å². The monoisotopic (exact) mass is 496 g/mol. The fourth-order valence-corrected chi connectivity index (χ4v) is 3.59. The molecule has 34 heavy (non-hydrogen) atoms. The molecule has 0 saturated heterocycles. The standard InChI is InChI=1S/C24H21ClF4N2O3/c1-33-9-10-34-22(32)31-23(14-16-5-3-2-4-6-16,21-8-7-19(25)15-30-21)17-11-18(24(27,28)29)13-20(26)12-17/h2-8,11-13,15H,9-10,14H2,1H3,(H,31,32). The highest BCUT2D eigenvalue weighted by atomic mass is 35.5. The SMILES string of the molecule is COCCOC(=O)NC(Cc1ccccc1)(c1cc(F)cc(C(F)(F)F)c1)c1ccc(Cl)cn1. The number of hydrogen-bond acceptors (Lipinski definition) is 4. The molecule has 10 heteroatoms. The zero-order valence-electron chi connectivity index (χ0n) is 18.0. The number of alkyl carbamates (subject to hydrolysis) is 1. The van der Waals surface area contributed by atoms with E-state index in [0.29, 0.717) is 11.6 Å². The van der Waals surface area contributed by atoms with E-state index in [0.717, 1.165) is 12.1 Å². The Balaban J connectivity index is 2.23. The Morgan fingerprint density at radius 3 is 2.35 bits per heavy atom. The number of nitrogens with one attached hydrogen (secondary N) is 1. The third kappa shape index (κ3) is 6.24. The number of carbonyl (C=O) groups is 1. The number of rotatable bonds is 8. The summed E-state index contributed by atoms with van der Waals surface area (Å²) in [4.78, 5) is 17.0. The van der Waals surface area contributed by atoms with Crippen molar-refractivity contribution in [3.63, 3.8) is 0 Å². The third-order valence-corrected chi connectivity index (χ3v) is 5.25. The van der Waals surface area contributed by atoms with E-state index >= 15 is 0 Å². The van der Waals surface area contributed by atoms with Gasteiger partial charge in [-0.05, 0) is 41.5 Å². The largest absolute Gasteiger partial charge is 0.447 e.